The molecule has 6 heteroatoms. The van der Waals surface area contributed by atoms with Crippen LogP contribution in [0, 0.1) is 23.0 Å². The molecule has 0 spiro atoms. The van der Waals surface area contributed by atoms with Crippen LogP contribution in [0.4, 0.5) is 11.5 Å². The van der Waals surface area contributed by atoms with Gasteiger partial charge in [-0.3, -0.25) is 10.1 Å². The van der Waals surface area contributed by atoms with E-state index in [1.165, 1.54) is 12.8 Å². The second-order valence-corrected chi connectivity index (χ2v) is 5.42. The number of pyridine rings is 1. The number of fused-ring (bicyclic) bond motifs is 1. The van der Waals surface area contributed by atoms with E-state index >= 15 is 0 Å². The Hall–Kier alpha value is -1.69. The number of rotatable bonds is 2. The van der Waals surface area contributed by atoms with Gasteiger partial charge in [0.05, 0.1) is 4.92 Å². The van der Waals surface area contributed by atoms with Gasteiger partial charge in [0.15, 0.2) is 0 Å². The van der Waals surface area contributed by atoms with Crippen LogP contribution in [0.2, 0.25) is 0 Å². The van der Waals surface area contributed by atoms with Crippen LogP contribution < -0.4 is 10.2 Å². The van der Waals surface area contributed by atoms with Crippen molar-refractivity contribution in [3.63, 3.8) is 0 Å². The van der Waals surface area contributed by atoms with Crippen molar-refractivity contribution in [2.75, 3.05) is 24.5 Å². The van der Waals surface area contributed by atoms with Crippen molar-refractivity contribution in [1.29, 1.82) is 0 Å². The van der Waals surface area contributed by atoms with E-state index in [1.54, 1.807) is 12.1 Å². The van der Waals surface area contributed by atoms with E-state index in [-0.39, 0.29) is 10.6 Å². The first-order chi connectivity index (χ1) is 9.15. The quantitative estimate of drug-likeness (QED) is 0.645. The number of piperidine rings is 1. The van der Waals surface area contributed by atoms with Crippen molar-refractivity contribution in [1.82, 2.24) is 10.3 Å². The molecule has 2 saturated heterocycles. The molecule has 6 nitrogen and oxygen atoms in total. The molecule has 0 radical (unpaired) electrons. The maximum atomic E-state index is 11.1. The first-order valence-electron chi connectivity index (χ1n) is 6.75. The molecule has 2 atom stereocenters. The van der Waals surface area contributed by atoms with Crippen LogP contribution in [-0.2, 0) is 0 Å². The zero-order valence-corrected chi connectivity index (χ0v) is 11.0. The Balaban J connectivity index is 1.90. The molecule has 2 aliphatic rings. The second kappa shape index (κ2) is 4.77. The molecular formula is C13H18N4O2. The van der Waals surface area contributed by atoms with Crippen LogP contribution in [0.15, 0.2) is 12.1 Å². The zero-order valence-electron chi connectivity index (χ0n) is 11.0. The summed E-state index contributed by atoms with van der Waals surface area (Å²) in [5.74, 6) is 1.12. The van der Waals surface area contributed by atoms with E-state index in [2.05, 4.69) is 15.2 Å². The highest BCUT2D eigenvalue weighted by Crippen LogP contribution is 2.33. The first-order valence-corrected chi connectivity index (χ1v) is 6.75. The summed E-state index contributed by atoms with van der Waals surface area (Å²) in [6.45, 7) is 4.61. The highest BCUT2D eigenvalue weighted by Gasteiger charge is 2.37. The van der Waals surface area contributed by atoms with Crippen molar-refractivity contribution < 1.29 is 4.92 Å². The minimum Gasteiger partial charge on any atom is -0.349 e. The van der Waals surface area contributed by atoms with Gasteiger partial charge in [-0.15, -0.1) is 0 Å². The molecule has 2 fully saturated rings. The summed E-state index contributed by atoms with van der Waals surface area (Å²) in [4.78, 5) is 17.3. The maximum Gasteiger partial charge on any atom is 0.311 e. The number of aryl methyl sites for hydroxylation is 1. The van der Waals surface area contributed by atoms with Gasteiger partial charge in [0.1, 0.15) is 0 Å². The molecule has 1 aromatic heterocycles. The Morgan fingerprint density at radius 1 is 1.47 bits per heavy atom. The second-order valence-electron chi connectivity index (χ2n) is 5.42. The maximum absolute atomic E-state index is 11.1. The summed E-state index contributed by atoms with van der Waals surface area (Å²) >= 11 is 0. The van der Waals surface area contributed by atoms with Crippen molar-refractivity contribution >= 4 is 11.5 Å². The van der Waals surface area contributed by atoms with Crippen LogP contribution in [0.3, 0.4) is 0 Å². The first kappa shape index (κ1) is 12.3. The number of nitrogens with zero attached hydrogens (tertiary/aromatic N) is 3. The molecule has 0 amide bonds. The third-order valence-corrected chi connectivity index (χ3v) is 4.09. The van der Waals surface area contributed by atoms with E-state index in [4.69, 9.17) is 0 Å². The Morgan fingerprint density at radius 2 is 2.32 bits per heavy atom. The Kier molecular flexibility index (Phi) is 3.10. The van der Waals surface area contributed by atoms with Gasteiger partial charge in [0, 0.05) is 30.9 Å². The van der Waals surface area contributed by atoms with Crippen molar-refractivity contribution in [2.24, 2.45) is 5.92 Å². The van der Waals surface area contributed by atoms with Gasteiger partial charge in [-0.25, -0.2) is 4.98 Å². The number of nitro groups is 1. The zero-order chi connectivity index (χ0) is 13.4. The lowest BCUT2D eigenvalue weighted by molar-refractivity contribution is -0.384. The normalized spacial score (nSPS) is 26.3. The summed E-state index contributed by atoms with van der Waals surface area (Å²) in [6.07, 6.45) is 2.39. The Bertz CT molecular complexity index is 491. The van der Waals surface area contributed by atoms with Gasteiger partial charge >= 0.3 is 5.69 Å². The average Bonchev–Trinajstić information content (AvgIpc) is 2.81. The van der Waals surface area contributed by atoms with Gasteiger partial charge < -0.3 is 10.2 Å². The topological polar surface area (TPSA) is 71.3 Å². The van der Waals surface area contributed by atoms with Crippen LogP contribution in [0.25, 0.3) is 0 Å². The van der Waals surface area contributed by atoms with Crippen molar-refractivity contribution in [2.45, 2.75) is 25.8 Å². The molecule has 3 rings (SSSR count). The fourth-order valence-electron chi connectivity index (χ4n) is 3.13. The van der Waals surface area contributed by atoms with Gasteiger partial charge in [-0.05, 0) is 38.3 Å². The predicted octanol–water partition coefficient (Wildman–Crippen LogP) is 1.49. The fraction of sp³-hybridized carbons (Fsp3) is 0.615. The molecule has 0 saturated carbocycles. The molecule has 1 aromatic rings. The molecule has 19 heavy (non-hydrogen) atoms. The third-order valence-electron chi connectivity index (χ3n) is 4.09. The molecular weight excluding hydrogens is 244 g/mol. The van der Waals surface area contributed by atoms with E-state index in [0.29, 0.717) is 17.8 Å². The van der Waals surface area contributed by atoms with Crippen LogP contribution in [-0.4, -0.2) is 35.6 Å². The van der Waals surface area contributed by atoms with E-state index in [1.807, 2.05) is 6.92 Å². The lowest BCUT2D eigenvalue weighted by atomic mass is 9.94. The van der Waals surface area contributed by atoms with Gasteiger partial charge in [0.25, 0.3) is 0 Å². The van der Waals surface area contributed by atoms with Crippen LogP contribution in [0.1, 0.15) is 18.5 Å². The van der Waals surface area contributed by atoms with Gasteiger partial charge in [0.2, 0.25) is 5.82 Å². The highest BCUT2D eigenvalue weighted by atomic mass is 16.6. The molecule has 0 bridgehead atoms. The van der Waals surface area contributed by atoms with Gasteiger partial charge in [-0.2, -0.15) is 0 Å². The molecule has 2 aliphatic heterocycles. The number of nitrogens with one attached hydrogen (secondary N) is 1. The fourth-order valence-corrected chi connectivity index (χ4v) is 3.13. The summed E-state index contributed by atoms with van der Waals surface area (Å²) in [7, 11) is 0. The predicted molar refractivity (Wildman–Crippen MR) is 72.4 cm³/mol. The standard InChI is InChI=1S/C13H18N4O2/c1-9-4-5-12(17(18)19)13(15-9)16-7-10-3-2-6-14-11(10)8-16/h4-5,10-11,14H,2-3,6-8H2,1H3. The summed E-state index contributed by atoms with van der Waals surface area (Å²) in [5, 5.41) is 14.6. The molecule has 0 aliphatic carbocycles. The smallest absolute Gasteiger partial charge is 0.311 e. The number of hydrogen-bond donors (Lipinski definition) is 1. The molecule has 2 unspecified atom stereocenters. The Labute approximate surface area is 112 Å². The Morgan fingerprint density at radius 3 is 3.05 bits per heavy atom. The number of anilines is 1. The van der Waals surface area contributed by atoms with E-state index in [0.717, 1.165) is 25.3 Å². The minimum absolute atomic E-state index is 0.115. The monoisotopic (exact) mass is 262 g/mol. The minimum atomic E-state index is -0.336. The largest absolute Gasteiger partial charge is 0.349 e. The summed E-state index contributed by atoms with van der Waals surface area (Å²) < 4.78 is 0. The molecule has 0 aromatic carbocycles. The molecule has 102 valence electrons. The molecule has 1 N–H and O–H groups in total. The van der Waals surface area contributed by atoms with Gasteiger partial charge in [-0.1, -0.05) is 0 Å². The summed E-state index contributed by atoms with van der Waals surface area (Å²) in [5.41, 5.74) is 0.938. The lowest BCUT2D eigenvalue weighted by Crippen LogP contribution is -2.40. The SMILES string of the molecule is Cc1ccc([N+](=O)[O-])c(N2CC3CCCNC3C2)n1. The van der Waals surface area contributed by atoms with E-state index in [9.17, 15) is 10.1 Å². The van der Waals surface area contributed by atoms with E-state index < -0.39 is 0 Å². The molecule has 3 heterocycles. The number of aromatic nitrogens is 1. The van der Waals surface area contributed by atoms with Crippen molar-refractivity contribution in [3.8, 4) is 0 Å². The average molecular weight is 262 g/mol. The van der Waals surface area contributed by atoms with Crippen LogP contribution >= 0.6 is 0 Å². The number of hydrogen-bond acceptors (Lipinski definition) is 5. The van der Waals surface area contributed by atoms with Crippen molar-refractivity contribution in [3.05, 3.63) is 27.9 Å². The lowest BCUT2D eigenvalue weighted by Gasteiger charge is -2.24. The highest BCUT2D eigenvalue weighted by molar-refractivity contribution is 5.59. The van der Waals surface area contributed by atoms with Crippen LogP contribution in [0.5, 0.6) is 0 Å². The third kappa shape index (κ3) is 2.28. The summed E-state index contributed by atoms with van der Waals surface area (Å²) in [6, 6.07) is 3.71.